The van der Waals surface area contributed by atoms with E-state index in [9.17, 15) is 0 Å². The third-order valence-corrected chi connectivity index (χ3v) is 2.48. The molecule has 2 heteroatoms. The maximum absolute atomic E-state index is 5.46. The Morgan fingerprint density at radius 3 is 2.50 bits per heavy atom. The first-order valence-electron chi connectivity index (χ1n) is 2.91. The van der Waals surface area contributed by atoms with Crippen LogP contribution >= 0.6 is 23.4 Å². The SMILES string of the molecule is CC(C)CSCCCl. The summed E-state index contributed by atoms with van der Waals surface area (Å²) in [5.41, 5.74) is 0. The summed E-state index contributed by atoms with van der Waals surface area (Å²) < 4.78 is 0. The fraction of sp³-hybridized carbons (Fsp3) is 1.00. The zero-order valence-electron chi connectivity index (χ0n) is 5.48. The molecule has 0 aromatic carbocycles. The molecule has 0 nitrogen and oxygen atoms in total. The van der Waals surface area contributed by atoms with Gasteiger partial charge in [-0.15, -0.1) is 11.6 Å². The number of rotatable bonds is 4. The summed E-state index contributed by atoms with van der Waals surface area (Å²) in [6.07, 6.45) is 0. The molecule has 0 fully saturated rings. The standard InChI is InChI=1S/C6H13ClS/c1-6(2)5-8-4-3-7/h6H,3-5H2,1-2H3. The molecular formula is C6H13ClS. The summed E-state index contributed by atoms with van der Waals surface area (Å²) in [6, 6.07) is 0. The minimum absolute atomic E-state index is 0.789. The van der Waals surface area contributed by atoms with E-state index in [1.165, 1.54) is 5.75 Å². The lowest BCUT2D eigenvalue weighted by atomic mass is 10.3. The van der Waals surface area contributed by atoms with E-state index in [1.807, 2.05) is 11.8 Å². The van der Waals surface area contributed by atoms with Gasteiger partial charge in [0.25, 0.3) is 0 Å². The van der Waals surface area contributed by atoms with Crippen molar-refractivity contribution in [1.29, 1.82) is 0 Å². The van der Waals surface area contributed by atoms with E-state index < -0.39 is 0 Å². The van der Waals surface area contributed by atoms with Crippen LogP contribution in [0.5, 0.6) is 0 Å². The largest absolute Gasteiger partial charge is 0.160 e. The van der Waals surface area contributed by atoms with Gasteiger partial charge in [0.05, 0.1) is 0 Å². The van der Waals surface area contributed by atoms with Gasteiger partial charge in [0.2, 0.25) is 0 Å². The molecule has 0 unspecified atom stereocenters. The Morgan fingerprint density at radius 1 is 1.50 bits per heavy atom. The summed E-state index contributed by atoms with van der Waals surface area (Å²) in [7, 11) is 0. The lowest BCUT2D eigenvalue weighted by molar-refractivity contribution is 0.750. The van der Waals surface area contributed by atoms with Gasteiger partial charge in [0.1, 0.15) is 0 Å². The Balaban J connectivity index is 2.72. The molecule has 0 spiro atoms. The van der Waals surface area contributed by atoms with Crippen molar-refractivity contribution < 1.29 is 0 Å². The molecule has 0 rings (SSSR count). The van der Waals surface area contributed by atoms with Crippen LogP contribution in [0.4, 0.5) is 0 Å². The maximum Gasteiger partial charge on any atom is 0.0314 e. The van der Waals surface area contributed by atoms with E-state index in [1.54, 1.807) is 0 Å². The van der Waals surface area contributed by atoms with Gasteiger partial charge in [0, 0.05) is 11.6 Å². The first kappa shape index (κ1) is 8.64. The molecule has 0 amide bonds. The minimum atomic E-state index is 0.789. The van der Waals surface area contributed by atoms with E-state index in [4.69, 9.17) is 11.6 Å². The predicted octanol–water partition coefficient (Wildman–Crippen LogP) is 2.61. The molecular weight excluding hydrogens is 140 g/mol. The molecule has 0 aliphatic carbocycles. The molecule has 0 saturated carbocycles. The van der Waals surface area contributed by atoms with Gasteiger partial charge in [-0.2, -0.15) is 11.8 Å². The Kier molecular flexibility index (Phi) is 6.23. The summed E-state index contributed by atoms with van der Waals surface area (Å²) >= 11 is 7.39. The quantitative estimate of drug-likeness (QED) is 0.441. The molecule has 0 heterocycles. The fourth-order valence-corrected chi connectivity index (χ4v) is 1.45. The molecule has 0 bridgehead atoms. The van der Waals surface area contributed by atoms with Crippen LogP contribution in [0.15, 0.2) is 0 Å². The van der Waals surface area contributed by atoms with Gasteiger partial charge in [0.15, 0.2) is 0 Å². The van der Waals surface area contributed by atoms with Crippen LogP contribution in [0.3, 0.4) is 0 Å². The average Bonchev–Trinajstić information content (AvgIpc) is 1.66. The predicted molar refractivity (Wildman–Crippen MR) is 42.9 cm³/mol. The monoisotopic (exact) mass is 152 g/mol. The summed E-state index contributed by atoms with van der Waals surface area (Å²) in [5.74, 6) is 3.94. The highest BCUT2D eigenvalue weighted by Crippen LogP contribution is 2.06. The molecule has 0 N–H and O–H groups in total. The molecule has 0 atom stereocenters. The van der Waals surface area contributed by atoms with Crippen molar-refractivity contribution in [3.63, 3.8) is 0 Å². The molecule has 0 aromatic heterocycles. The number of hydrogen-bond donors (Lipinski definition) is 0. The number of alkyl halides is 1. The normalized spacial score (nSPS) is 10.5. The van der Waals surface area contributed by atoms with Crippen molar-refractivity contribution in [2.75, 3.05) is 17.4 Å². The highest BCUT2D eigenvalue weighted by Gasteiger charge is 1.91. The third-order valence-electron chi connectivity index (χ3n) is 0.673. The second-order valence-corrected chi connectivity index (χ2v) is 3.69. The van der Waals surface area contributed by atoms with Crippen molar-refractivity contribution in [3.8, 4) is 0 Å². The summed E-state index contributed by atoms with van der Waals surface area (Å²) in [6.45, 7) is 4.45. The minimum Gasteiger partial charge on any atom is -0.160 e. The first-order valence-corrected chi connectivity index (χ1v) is 4.60. The highest BCUT2D eigenvalue weighted by molar-refractivity contribution is 7.99. The fourth-order valence-electron chi connectivity index (χ4n) is 0.374. The third kappa shape index (κ3) is 6.64. The molecule has 0 aliphatic heterocycles. The van der Waals surface area contributed by atoms with Gasteiger partial charge in [-0.25, -0.2) is 0 Å². The lowest BCUT2D eigenvalue weighted by Crippen LogP contribution is -1.92. The highest BCUT2D eigenvalue weighted by atomic mass is 35.5. The molecule has 8 heavy (non-hydrogen) atoms. The summed E-state index contributed by atoms with van der Waals surface area (Å²) in [4.78, 5) is 0. The van der Waals surface area contributed by atoms with Crippen LogP contribution in [0.25, 0.3) is 0 Å². The van der Waals surface area contributed by atoms with Crippen molar-refractivity contribution in [2.45, 2.75) is 13.8 Å². The molecule has 0 aliphatic rings. The van der Waals surface area contributed by atoms with E-state index in [0.29, 0.717) is 0 Å². The Morgan fingerprint density at radius 2 is 2.12 bits per heavy atom. The van der Waals surface area contributed by atoms with E-state index in [2.05, 4.69) is 13.8 Å². The van der Waals surface area contributed by atoms with Crippen LogP contribution in [0, 0.1) is 5.92 Å². The Hall–Kier alpha value is 0.640. The second-order valence-electron chi connectivity index (χ2n) is 2.16. The van der Waals surface area contributed by atoms with Crippen LogP contribution in [-0.2, 0) is 0 Å². The van der Waals surface area contributed by atoms with E-state index >= 15 is 0 Å². The van der Waals surface area contributed by atoms with E-state index in [0.717, 1.165) is 17.6 Å². The number of thioether (sulfide) groups is 1. The van der Waals surface area contributed by atoms with E-state index in [-0.39, 0.29) is 0 Å². The molecule has 0 radical (unpaired) electrons. The molecule has 50 valence electrons. The van der Waals surface area contributed by atoms with Crippen molar-refractivity contribution in [1.82, 2.24) is 0 Å². The van der Waals surface area contributed by atoms with Crippen molar-refractivity contribution in [2.24, 2.45) is 5.92 Å². The van der Waals surface area contributed by atoms with Gasteiger partial charge in [-0.3, -0.25) is 0 Å². The molecule has 0 saturated heterocycles. The maximum atomic E-state index is 5.46. The zero-order valence-corrected chi connectivity index (χ0v) is 7.06. The lowest BCUT2D eigenvalue weighted by Gasteiger charge is -2.00. The second kappa shape index (κ2) is 5.77. The number of hydrogen-bond acceptors (Lipinski definition) is 1. The molecule has 0 aromatic rings. The zero-order chi connectivity index (χ0) is 6.41. The topological polar surface area (TPSA) is 0 Å². The summed E-state index contributed by atoms with van der Waals surface area (Å²) in [5, 5.41) is 0. The van der Waals surface area contributed by atoms with Crippen molar-refractivity contribution in [3.05, 3.63) is 0 Å². The van der Waals surface area contributed by atoms with Gasteiger partial charge in [-0.05, 0) is 11.7 Å². The van der Waals surface area contributed by atoms with Crippen molar-refractivity contribution >= 4 is 23.4 Å². The smallest absolute Gasteiger partial charge is 0.0314 e. The Bertz CT molecular complexity index is 45.8. The first-order chi connectivity index (χ1) is 3.77. The van der Waals surface area contributed by atoms with Crippen LogP contribution < -0.4 is 0 Å². The van der Waals surface area contributed by atoms with Gasteiger partial charge < -0.3 is 0 Å². The number of halogens is 1. The van der Waals surface area contributed by atoms with Gasteiger partial charge >= 0.3 is 0 Å². The van der Waals surface area contributed by atoms with Crippen LogP contribution in [0.2, 0.25) is 0 Å². The average molecular weight is 153 g/mol. The van der Waals surface area contributed by atoms with Crippen LogP contribution in [0.1, 0.15) is 13.8 Å². The Labute approximate surface area is 61.0 Å². The van der Waals surface area contributed by atoms with Gasteiger partial charge in [-0.1, -0.05) is 13.8 Å². The van der Waals surface area contributed by atoms with Crippen LogP contribution in [-0.4, -0.2) is 17.4 Å².